The Bertz CT molecular complexity index is 816. The third-order valence-electron chi connectivity index (χ3n) is 4.28. The molecule has 1 aromatic carbocycles. The van der Waals surface area contributed by atoms with E-state index in [0.29, 0.717) is 12.6 Å². The van der Waals surface area contributed by atoms with Gasteiger partial charge in [0.2, 0.25) is 0 Å². The summed E-state index contributed by atoms with van der Waals surface area (Å²) >= 11 is 1.76. The van der Waals surface area contributed by atoms with Gasteiger partial charge in [-0.15, -0.1) is 11.3 Å². The molecule has 0 bridgehead atoms. The Labute approximate surface area is 140 Å². The Balaban J connectivity index is 1.80. The van der Waals surface area contributed by atoms with E-state index in [4.69, 9.17) is 0 Å². The van der Waals surface area contributed by atoms with E-state index in [1.165, 1.54) is 10.4 Å². The Kier molecular flexibility index (Phi) is 4.64. The lowest BCUT2D eigenvalue weighted by Gasteiger charge is -2.25. The highest BCUT2D eigenvalue weighted by molar-refractivity contribution is 7.10. The normalized spacial score (nSPS) is 11.7. The number of carbonyl (C=O) groups excluding carboxylic acids is 1. The number of ketones is 1. The minimum atomic E-state index is 0.172. The van der Waals surface area contributed by atoms with Gasteiger partial charge >= 0.3 is 0 Å². The number of hydrogen-bond acceptors (Lipinski definition) is 3. The van der Waals surface area contributed by atoms with Crippen LogP contribution in [0.5, 0.6) is 0 Å². The van der Waals surface area contributed by atoms with Gasteiger partial charge in [0, 0.05) is 40.1 Å². The summed E-state index contributed by atoms with van der Waals surface area (Å²) in [5.41, 5.74) is 3.11. The molecule has 0 aliphatic heterocycles. The fourth-order valence-electron chi connectivity index (χ4n) is 2.74. The van der Waals surface area contributed by atoms with Crippen LogP contribution in [0, 0.1) is 6.92 Å². The number of thiophene rings is 1. The molecule has 1 N–H and O–H groups in total. The number of fused-ring (bicyclic) bond motifs is 1. The quantitative estimate of drug-likeness (QED) is 0.670. The van der Waals surface area contributed by atoms with E-state index < -0.39 is 0 Å². The smallest absolute Gasteiger partial charge is 0.178 e. The number of nitrogens with one attached hydrogen (secondary N) is 1. The van der Waals surface area contributed by atoms with Crippen LogP contribution in [0.15, 0.2) is 41.9 Å². The molecule has 2 aromatic heterocycles. The SMILES string of the molecule is Cc1ccsc1CN(CC(=O)c1c[nH]c2ccccc12)C(C)C. The molecule has 3 nitrogen and oxygen atoms in total. The van der Waals surface area contributed by atoms with Crippen LogP contribution in [0.2, 0.25) is 0 Å². The van der Waals surface area contributed by atoms with E-state index in [0.717, 1.165) is 23.0 Å². The van der Waals surface area contributed by atoms with Crippen LogP contribution in [0.1, 0.15) is 34.6 Å². The summed E-state index contributed by atoms with van der Waals surface area (Å²) < 4.78 is 0. The number of hydrogen-bond donors (Lipinski definition) is 1. The first-order valence-electron chi connectivity index (χ1n) is 7.92. The second-order valence-electron chi connectivity index (χ2n) is 6.20. The van der Waals surface area contributed by atoms with Crippen LogP contribution < -0.4 is 0 Å². The van der Waals surface area contributed by atoms with Crippen molar-refractivity contribution in [3.8, 4) is 0 Å². The van der Waals surface area contributed by atoms with Crippen LogP contribution in [0.3, 0.4) is 0 Å². The summed E-state index contributed by atoms with van der Waals surface area (Å²) in [6.45, 7) is 7.69. The summed E-state index contributed by atoms with van der Waals surface area (Å²) in [6, 6.07) is 10.4. The molecule has 0 aliphatic carbocycles. The summed E-state index contributed by atoms with van der Waals surface area (Å²) in [6.07, 6.45) is 1.84. The van der Waals surface area contributed by atoms with Gasteiger partial charge in [-0.05, 0) is 43.8 Å². The van der Waals surface area contributed by atoms with Gasteiger partial charge < -0.3 is 4.98 Å². The van der Waals surface area contributed by atoms with Gasteiger partial charge in [0.15, 0.2) is 5.78 Å². The molecule has 0 amide bonds. The summed E-state index contributed by atoms with van der Waals surface area (Å²) in [5.74, 6) is 0.172. The molecule has 3 aromatic rings. The number of para-hydroxylation sites is 1. The van der Waals surface area contributed by atoms with Crippen LogP contribution in [-0.2, 0) is 6.54 Å². The molecule has 0 aliphatic rings. The molecule has 0 saturated heterocycles. The fourth-order valence-corrected chi connectivity index (χ4v) is 3.67. The number of H-pyrrole nitrogens is 1. The highest BCUT2D eigenvalue weighted by Crippen LogP contribution is 2.21. The molecule has 23 heavy (non-hydrogen) atoms. The Morgan fingerprint density at radius 1 is 1.26 bits per heavy atom. The van der Waals surface area contributed by atoms with Crippen molar-refractivity contribution in [2.45, 2.75) is 33.4 Å². The van der Waals surface area contributed by atoms with Crippen molar-refractivity contribution in [2.24, 2.45) is 0 Å². The second kappa shape index (κ2) is 6.69. The maximum atomic E-state index is 12.8. The van der Waals surface area contributed by atoms with Crippen molar-refractivity contribution < 1.29 is 4.79 Å². The molecule has 0 atom stereocenters. The second-order valence-corrected chi connectivity index (χ2v) is 7.20. The molecular formula is C19H22N2OS. The molecule has 0 saturated carbocycles. The fraction of sp³-hybridized carbons (Fsp3) is 0.316. The average molecular weight is 326 g/mol. The van der Waals surface area contributed by atoms with Gasteiger partial charge in [0.25, 0.3) is 0 Å². The lowest BCUT2D eigenvalue weighted by Crippen LogP contribution is -2.35. The molecule has 3 rings (SSSR count). The molecule has 0 spiro atoms. The highest BCUT2D eigenvalue weighted by atomic mass is 32.1. The lowest BCUT2D eigenvalue weighted by atomic mass is 10.1. The summed E-state index contributed by atoms with van der Waals surface area (Å²) in [4.78, 5) is 19.6. The molecule has 0 radical (unpaired) electrons. The molecule has 0 unspecified atom stereocenters. The first kappa shape index (κ1) is 16.0. The number of carbonyl (C=O) groups is 1. The van der Waals surface area contributed by atoms with Gasteiger partial charge in [-0.1, -0.05) is 18.2 Å². The number of aromatic nitrogens is 1. The van der Waals surface area contributed by atoms with Crippen LogP contribution >= 0.6 is 11.3 Å². The first-order valence-corrected chi connectivity index (χ1v) is 8.80. The molecule has 2 heterocycles. The van der Waals surface area contributed by atoms with Gasteiger partial charge in [-0.2, -0.15) is 0 Å². The highest BCUT2D eigenvalue weighted by Gasteiger charge is 2.19. The third kappa shape index (κ3) is 3.38. The van der Waals surface area contributed by atoms with Crippen LogP contribution in [0.25, 0.3) is 10.9 Å². The summed E-state index contributed by atoms with van der Waals surface area (Å²) in [7, 11) is 0. The molecular weight excluding hydrogens is 304 g/mol. The number of Topliss-reactive ketones (excluding diaryl/α,β-unsaturated/α-hetero) is 1. The molecule has 120 valence electrons. The third-order valence-corrected chi connectivity index (χ3v) is 5.29. The van der Waals surface area contributed by atoms with E-state index in [9.17, 15) is 4.79 Å². The van der Waals surface area contributed by atoms with Crippen molar-refractivity contribution in [2.75, 3.05) is 6.54 Å². The minimum absolute atomic E-state index is 0.172. The van der Waals surface area contributed by atoms with E-state index in [-0.39, 0.29) is 5.78 Å². The number of benzene rings is 1. The average Bonchev–Trinajstić information content (AvgIpc) is 3.13. The van der Waals surface area contributed by atoms with Crippen molar-refractivity contribution in [3.05, 3.63) is 57.9 Å². The Morgan fingerprint density at radius 3 is 2.74 bits per heavy atom. The zero-order valence-electron chi connectivity index (χ0n) is 13.8. The number of nitrogens with zero attached hydrogens (tertiary/aromatic N) is 1. The van der Waals surface area contributed by atoms with E-state index in [2.05, 4.69) is 42.1 Å². The molecule has 0 fully saturated rings. The number of aromatic amines is 1. The number of rotatable bonds is 6. The van der Waals surface area contributed by atoms with Crippen LogP contribution in [0.4, 0.5) is 0 Å². The first-order chi connectivity index (χ1) is 11.1. The van der Waals surface area contributed by atoms with Crippen LogP contribution in [-0.4, -0.2) is 28.3 Å². The topological polar surface area (TPSA) is 36.1 Å². The zero-order chi connectivity index (χ0) is 16.4. The summed E-state index contributed by atoms with van der Waals surface area (Å²) in [5, 5.41) is 3.12. The minimum Gasteiger partial charge on any atom is -0.360 e. The van der Waals surface area contributed by atoms with Crippen molar-refractivity contribution in [1.82, 2.24) is 9.88 Å². The van der Waals surface area contributed by atoms with Crippen molar-refractivity contribution in [1.29, 1.82) is 0 Å². The molecule has 4 heteroatoms. The lowest BCUT2D eigenvalue weighted by molar-refractivity contribution is 0.0900. The maximum absolute atomic E-state index is 12.8. The number of aryl methyl sites for hydroxylation is 1. The maximum Gasteiger partial charge on any atom is 0.178 e. The predicted octanol–water partition coefficient (Wildman–Crippen LogP) is 4.63. The van der Waals surface area contributed by atoms with Gasteiger partial charge in [0.1, 0.15) is 0 Å². The van der Waals surface area contributed by atoms with E-state index in [1.807, 2.05) is 30.5 Å². The standard InChI is InChI=1S/C19H22N2OS/c1-13(2)21(12-19-14(3)8-9-23-19)11-18(22)16-10-20-17-7-5-4-6-15(16)17/h4-10,13,20H,11-12H2,1-3H3. The van der Waals surface area contributed by atoms with Gasteiger partial charge in [0.05, 0.1) is 6.54 Å². The zero-order valence-corrected chi connectivity index (χ0v) is 14.6. The Morgan fingerprint density at radius 2 is 2.04 bits per heavy atom. The monoisotopic (exact) mass is 326 g/mol. The largest absolute Gasteiger partial charge is 0.360 e. The van der Waals surface area contributed by atoms with Gasteiger partial charge in [-0.3, -0.25) is 9.69 Å². The van der Waals surface area contributed by atoms with Crippen molar-refractivity contribution in [3.63, 3.8) is 0 Å². The van der Waals surface area contributed by atoms with E-state index >= 15 is 0 Å². The van der Waals surface area contributed by atoms with E-state index in [1.54, 1.807) is 11.3 Å². The predicted molar refractivity (Wildman–Crippen MR) is 97.2 cm³/mol. The van der Waals surface area contributed by atoms with Crippen molar-refractivity contribution >= 4 is 28.0 Å². The van der Waals surface area contributed by atoms with Gasteiger partial charge in [-0.25, -0.2) is 0 Å². The Hall–Kier alpha value is -1.91.